The van der Waals surface area contributed by atoms with E-state index in [1.54, 1.807) is 18.9 Å². The molecule has 2 fully saturated rings. The average molecular weight is 573 g/mol. The Kier molecular flexibility index (Phi) is 9.52. The lowest BCUT2D eigenvalue weighted by Gasteiger charge is -2.38. The van der Waals surface area contributed by atoms with Crippen LogP contribution in [0.2, 0.25) is 5.02 Å². The molecule has 9 nitrogen and oxygen atoms in total. The fourth-order valence-corrected chi connectivity index (χ4v) is 5.09. The number of carbonyl (C=O) groups is 1. The van der Waals surface area contributed by atoms with Crippen LogP contribution in [0.25, 0.3) is 0 Å². The molecule has 2 atom stereocenters. The Labute approximate surface area is 229 Å². The molecule has 0 saturated carbocycles. The second kappa shape index (κ2) is 12.7. The maximum atomic E-state index is 13.4. The lowest BCUT2D eigenvalue weighted by Crippen LogP contribution is -2.54. The Morgan fingerprint density at radius 1 is 1.21 bits per heavy atom. The van der Waals surface area contributed by atoms with E-state index in [-0.39, 0.29) is 48.3 Å². The molecule has 2 aromatic rings. The van der Waals surface area contributed by atoms with Crippen LogP contribution in [-0.4, -0.2) is 79.5 Å². The Bertz CT molecular complexity index is 1160. The van der Waals surface area contributed by atoms with Gasteiger partial charge in [0.25, 0.3) is 5.91 Å². The second-order valence-electron chi connectivity index (χ2n) is 9.57. The molecule has 1 aromatic carbocycles. The first-order chi connectivity index (χ1) is 18.6. The number of hydrogen-bond acceptors (Lipinski definition) is 8. The summed E-state index contributed by atoms with van der Waals surface area (Å²) in [7, 11) is 3.06. The fourth-order valence-electron chi connectivity index (χ4n) is 4.78. The standard InChI is InChI=1S/C26H32ClF3N4O5/c1-15-22(24(35)34-9-6-17(7-10-34)31-20-8-11-38-14-21(20)36-2)32-25(37-3)33-23(15)39-13-16-4-5-18(19(27)12-16)26(28,29)30/h4-5,12,17,20-21,31H,6-11,13-14H2,1-3H3/t20-,21+/m1/s1. The number of alkyl halides is 3. The van der Waals surface area contributed by atoms with Crippen LogP contribution in [0.4, 0.5) is 13.2 Å². The van der Waals surface area contributed by atoms with Crippen molar-refractivity contribution in [2.75, 3.05) is 40.5 Å². The highest BCUT2D eigenvalue weighted by molar-refractivity contribution is 6.31. The maximum Gasteiger partial charge on any atom is 0.417 e. The van der Waals surface area contributed by atoms with E-state index in [2.05, 4.69) is 15.3 Å². The molecule has 2 aliphatic rings. The SMILES string of the molecule is COc1nc(OCc2ccc(C(F)(F)F)c(Cl)c2)c(C)c(C(=O)N2CCC(N[C@@H]3CCOC[C@@H]3OC)CC2)n1. The first-order valence-electron chi connectivity index (χ1n) is 12.7. The predicted molar refractivity (Wildman–Crippen MR) is 136 cm³/mol. The third-order valence-electron chi connectivity index (χ3n) is 7.02. The summed E-state index contributed by atoms with van der Waals surface area (Å²) in [6.07, 6.45) is -2.12. The highest BCUT2D eigenvalue weighted by Crippen LogP contribution is 2.35. The number of benzene rings is 1. The van der Waals surface area contributed by atoms with Crippen LogP contribution >= 0.6 is 11.6 Å². The van der Waals surface area contributed by atoms with Gasteiger partial charge in [-0.3, -0.25) is 4.79 Å². The summed E-state index contributed by atoms with van der Waals surface area (Å²) in [5.74, 6) is -0.169. The Morgan fingerprint density at radius 2 is 1.95 bits per heavy atom. The van der Waals surface area contributed by atoms with Crippen molar-refractivity contribution in [3.63, 3.8) is 0 Å². The summed E-state index contributed by atoms with van der Waals surface area (Å²) >= 11 is 5.82. The molecule has 1 N–H and O–H groups in total. The van der Waals surface area contributed by atoms with E-state index < -0.39 is 16.8 Å². The Hall–Kier alpha value is -2.67. The molecule has 13 heteroatoms. The van der Waals surface area contributed by atoms with Crippen molar-refractivity contribution in [1.29, 1.82) is 0 Å². The molecule has 0 aliphatic carbocycles. The van der Waals surface area contributed by atoms with Crippen LogP contribution in [0.3, 0.4) is 0 Å². The van der Waals surface area contributed by atoms with Crippen LogP contribution in [0.1, 0.15) is 46.4 Å². The second-order valence-corrected chi connectivity index (χ2v) is 9.97. The van der Waals surface area contributed by atoms with Gasteiger partial charge in [-0.1, -0.05) is 17.7 Å². The Morgan fingerprint density at radius 3 is 2.59 bits per heavy atom. The summed E-state index contributed by atoms with van der Waals surface area (Å²) in [6, 6.07) is 3.79. The minimum atomic E-state index is -4.55. The van der Waals surface area contributed by atoms with E-state index >= 15 is 0 Å². The number of hydrogen-bond donors (Lipinski definition) is 1. The van der Waals surface area contributed by atoms with Crippen molar-refractivity contribution < 1.29 is 36.9 Å². The number of aromatic nitrogens is 2. The molecule has 2 saturated heterocycles. The van der Waals surface area contributed by atoms with E-state index in [0.717, 1.165) is 25.3 Å². The number of piperidine rings is 1. The van der Waals surface area contributed by atoms with Gasteiger partial charge in [-0.2, -0.15) is 23.1 Å². The molecule has 39 heavy (non-hydrogen) atoms. The van der Waals surface area contributed by atoms with Crippen LogP contribution in [0.5, 0.6) is 11.9 Å². The molecule has 0 spiro atoms. The van der Waals surface area contributed by atoms with Crippen LogP contribution in [-0.2, 0) is 22.3 Å². The van der Waals surface area contributed by atoms with Crippen molar-refractivity contribution in [3.05, 3.63) is 45.6 Å². The molecule has 0 unspecified atom stereocenters. The zero-order chi connectivity index (χ0) is 28.2. The number of carbonyl (C=O) groups excluding carboxylic acids is 1. The van der Waals surface area contributed by atoms with Gasteiger partial charge in [0.2, 0.25) is 5.88 Å². The van der Waals surface area contributed by atoms with E-state index in [9.17, 15) is 18.0 Å². The number of likely N-dealkylation sites (tertiary alicyclic amines) is 1. The quantitative estimate of drug-likeness (QED) is 0.506. The zero-order valence-electron chi connectivity index (χ0n) is 22.0. The van der Waals surface area contributed by atoms with Crippen molar-refractivity contribution in [3.8, 4) is 11.9 Å². The fraction of sp³-hybridized carbons (Fsp3) is 0.577. The highest BCUT2D eigenvalue weighted by Gasteiger charge is 2.34. The van der Waals surface area contributed by atoms with Crippen LogP contribution in [0.15, 0.2) is 18.2 Å². The first-order valence-corrected chi connectivity index (χ1v) is 13.1. The third-order valence-corrected chi connectivity index (χ3v) is 7.33. The summed E-state index contributed by atoms with van der Waals surface area (Å²) < 4.78 is 61.0. The lowest BCUT2D eigenvalue weighted by atomic mass is 9.99. The van der Waals surface area contributed by atoms with E-state index in [1.807, 2.05) is 0 Å². The van der Waals surface area contributed by atoms with Crippen LogP contribution < -0.4 is 14.8 Å². The number of halogens is 4. The molecule has 214 valence electrons. The molecule has 4 rings (SSSR count). The van der Waals surface area contributed by atoms with E-state index in [0.29, 0.717) is 37.4 Å². The van der Waals surface area contributed by atoms with Gasteiger partial charge >= 0.3 is 12.2 Å². The average Bonchev–Trinajstić information content (AvgIpc) is 2.92. The molecule has 0 bridgehead atoms. The van der Waals surface area contributed by atoms with Crippen molar-refractivity contribution in [2.24, 2.45) is 0 Å². The largest absolute Gasteiger partial charge is 0.472 e. The molecule has 0 radical (unpaired) electrons. The molecule has 1 amide bonds. The van der Waals surface area contributed by atoms with Gasteiger partial charge in [-0.25, -0.2) is 0 Å². The summed E-state index contributed by atoms with van der Waals surface area (Å²) in [4.78, 5) is 23.6. The van der Waals surface area contributed by atoms with Crippen molar-refractivity contribution in [2.45, 2.75) is 57.2 Å². The minimum absolute atomic E-state index is 0.00608. The predicted octanol–water partition coefficient (Wildman–Crippen LogP) is 4.04. The van der Waals surface area contributed by atoms with Gasteiger partial charge in [0, 0.05) is 44.5 Å². The molecular weight excluding hydrogens is 541 g/mol. The number of rotatable bonds is 8. The summed E-state index contributed by atoms with van der Waals surface area (Å²) in [5.41, 5.74) is 0.0420. The van der Waals surface area contributed by atoms with Gasteiger partial charge in [0.1, 0.15) is 12.3 Å². The van der Waals surface area contributed by atoms with Gasteiger partial charge < -0.3 is 29.2 Å². The molecule has 2 aliphatic heterocycles. The first kappa shape index (κ1) is 29.3. The molecule has 3 heterocycles. The highest BCUT2D eigenvalue weighted by atomic mass is 35.5. The lowest BCUT2D eigenvalue weighted by molar-refractivity contribution is -0.137. The van der Waals surface area contributed by atoms with Crippen molar-refractivity contribution >= 4 is 17.5 Å². The minimum Gasteiger partial charge on any atom is -0.472 e. The molecule has 1 aromatic heterocycles. The van der Waals surface area contributed by atoms with Gasteiger partial charge in [-0.15, -0.1) is 0 Å². The van der Waals surface area contributed by atoms with E-state index in [1.165, 1.54) is 19.2 Å². The number of nitrogens with zero attached hydrogens (tertiary/aromatic N) is 3. The maximum absolute atomic E-state index is 13.4. The number of methoxy groups -OCH3 is 2. The normalized spacial score (nSPS) is 20.6. The van der Waals surface area contributed by atoms with E-state index in [4.69, 9.17) is 30.5 Å². The number of nitrogens with one attached hydrogen (secondary N) is 1. The topological polar surface area (TPSA) is 95.0 Å². The van der Waals surface area contributed by atoms with Crippen LogP contribution in [0, 0.1) is 6.92 Å². The molecular formula is C26H32ClF3N4O5. The summed E-state index contributed by atoms with van der Waals surface area (Å²) in [5, 5.41) is 3.24. The third kappa shape index (κ3) is 7.10. The summed E-state index contributed by atoms with van der Waals surface area (Å²) in [6.45, 7) is 3.90. The van der Waals surface area contributed by atoms with Crippen molar-refractivity contribution in [1.82, 2.24) is 20.2 Å². The number of amides is 1. The van der Waals surface area contributed by atoms with Gasteiger partial charge in [0.15, 0.2) is 0 Å². The Balaban J connectivity index is 1.41. The zero-order valence-corrected chi connectivity index (χ0v) is 22.8. The number of ether oxygens (including phenoxy) is 4. The van der Waals surface area contributed by atoms with Gasteiger partial charge in [0.05, 0.1) is 30.4 Å². The van der Waals surface area contributed by atoms with Gasteiger partial charge in [-0.05, 0) is 43.9 Å². The smallest absolute Gasteiger partial charge is 0.417 e. The monoisotopic (exact) mass is 572 g/mol.